The molecule has 0 fully saturated rings. The smallest absolute Gasteiger partial charge is 0.305 e. The summed E-state index contributed by atoms with van der Waals surface area (Å²) in [6, 6.07) is 4.87. The van der Waals surface area contributed by atoms with Crippen molar-refractivity contribution >= 4 is 39.3 Å². The van der Waals surface area contributed by atoms with Crippen molar-refractivity contribution in [1.82, 2.24) is 0 Å². The number of amides is 1. The molecule has 0 spiro atoms. The molecule has 6 heteroatoms. The fourth-order valence-electron chi connectivity index (χ4n) is 1.70. The summed E-state index contributed by atoms with van der Waals surface area (Å²) in [6.07, 6.45) is -0.190. The number of hydrogen-bond acceptors (Lipinski definition) is 3. The molecule has 0 saturated carbocycles. The third-order valence-corrected chi connectivity index (χ3v) is 2.98. The van der Waals surface area contributed by atoms with Gasteiger partial charge in [-0.1, -0.05) is 15.9 Å². The summed E-state index contributed by atoms with van der Waals surface area (Å²) in [5, 5.41) is 8.60. The van der Waals surface area contributed by atoms with Gasteiger partial charge in [-0.15, -0.1) is 0 Å². The summed E-state index contributed by atoms with van der Waals surface area (Å²) in [7, 11) is 0. The van der Waals surface area contributed by atoms with E-state index in [1.54, 1.807) is 18.2 Å². The quantitative estimate of drug-likeness (QED) is 0.857. The third-order valence-electron chi connectivity index (χ3n) is 2.48. The van der Waals surface area contributed by atoms with Gasteiger partial charge in [0.05, 0.1) is 17.7 Å². The van der Waals surface area contributed by atoms with Crippen LogP contribution in [0.15, 0.2) is 22.7 Å². The second-order valence-corrected chi connectivity index (χ2v) is 4.51. The standard InChI is InChI=1S/C11H8BrNO4/c12-6-1-2-7-8(5-6)13(4-3-9(14)15)11(17)10(7)16/h1-2,5H,3-4H2,(H,14,15). The first-order chi connectivity index (χ1) is 8.00. The van der Waals surface area contributed by atoms with E-state index >= 15 is 0 Å². The van der Waals surface area contributed by atoms with Crippen LogP contribution in [-0.4, -0.2) is 29.3 Å². The maximum atomic E-state index is 11.7. The van der Waals surface area contributed by atoms with Gasteiger partial charge >= 0.3 is 5.97 Å². The highest BCUT2D eigenvalue weighted by Gasteiger charge is 2.35. The molecule has 1 aromatic carbocycles. The van der Waals surface area contributed by atoms with Gasteiger partial charge in [0.2, 0.25) is 0 Å². The molecule has 5 nitrogen and oxygen atoms in total. The van der Waals surface area contributed by atoms with Crippen LogP contribution in [0.5, 0.6) is 0 Å². The van der Waals surface area contributed by atoms with E-state index in [2.05, 4.69) is 15.9 Å². The number of rotatable bonds is 3. The minimum absolute atomic E-state index is 0.00333. The number of hydrogen-bond donors (Lipinski definition) is 1. The first-order valence-electron chi connectivity index (χ1n) is 4.88. The molecular formula is C11H8BrNO4. The van der Waals surface area contributed by atoms with Crippen molar-refractivity contribution in [2.24, 2.45) is 0 Å². The summed E-state index contributed by atoms with van der Waals surface area (Å²) in [4.78, 5) is 35.0. The molecule has 17 heavy (non-hydrogen) atoms. The summed E-state index contributed by atoms with van der Waals surface area (Å²) in [5.41, 5.74) is 0.791. The summed E-state index contributed by atoms with van der Waals surface area (Å²) < 4.78 is 0.735. The second kappa shape index (κ2) is 4.29. The van der Waals surface area contributed by atoms with E-state index in [1.165, 1.54) is 4.90 Å². The van der Waals surface area contributed by atoms with E-state index in [9.17, 15) is 14.4 Å². The number of Topliss-reactive ketones (excluding diaryl/α,β-unsaturated/α-hetero) is 1. The average molecular weight is 298 g/mol. The Kier molecular flexibility index (Phi) is 2.97. The van der Waals surface area contributed by atoms with Gasteiger partial charge in [0.15, 0.2) is 0 Å². The van der Waals surface area contributed by atoms with Crippen LogP contribution in [-0.2, 0) is 9.59 Å². The Labute approximate surface area is 105 Å². The SMILES string of the molecule is O=C(O)CCN1C(=O)C(=O)c2ccc(Br)cc21. The molecule has 0 atom stereocenters. The first-order valence-corrected chi connectivity index (χ1v) is 5.67. The van der Waals surface area contributed by atoms with Crippen LogP contribution in [0.25, 0.3) is 0 Å². The number of nitrogens with zero attached hydrogens (tertiary/aromatic N) is 1. The van der Waals surface area contributed by atoms with Crippen molar-refractivity contribution in [1.29, 1.82) is 0 Å². The van der Waals surface area contributed by atoms with Crippen LogP contribution in [0.4, 0.5) is 5.69 Å². The predicted octanol–water partition coefficient (Wildman–Crippen LogP) is 1.45. The van der Waals surface area contributed by atoms with Crippen LogP contribution >= 0.6 is 15.9 Å². The number of carbonyl (C=O) groups excluding carboxylic acids is 2. The molecule has 0 saturated heterocycles. The van der Waals surface area contributed by atoms with E-state index in [1.807, 2.05) is 0 Å². The molecule has 0 bridgehead atoms. The number of anilines is 1. The van der Waals surface area contributed by atoms with Gasteiger partial charge in [0.1, 0.15) is 0 Å². The largest absolute Gasteiger partial charge is 0.481 e. The molecule has 1 amide bonds. The van der Waals surface area contributed by atoms with Gasteiger partial charge in [0.25, 0.3) is 11.7 Å². The van der Waals surface area contributed by atoms with Crippen molar-refractivity contribution < 1.29 is 19.5 Å². The minimum atomic E-state index is -1.01. The maximum Gasteiger partial charge on any atom is 0.305 e. The van der Waals surface area contributed by atoms with E-state index < -0.39 is 17.7 Å². The van der Waals surface area contributed by atoms with Crippen LogP contribution < -0.4 is 4.90 Å². The zero-order valence-electron chi connectivity index (χ0n) is 8.64. The number of ketones is 1. The van der Waals surface area contributed by atoms with E-state index in [4.69, 9.17) is 5.11 Å². The van der Waals surface area contributed by atoms with Crippen molar-refractivity contribution in [3.05, 3.63) is 28.2 Å². The summed E-state index contributed by atoms with van der Waals surface area (Å²) >= 11 is 3.25. The van der Waals surface area contributed by atoms with Crippen molar-refractivity contribution in [3.63, 3.8) is 0 Å². The van der Waals surface area contributed by atoms with Crippen LogP contribution in [0, 0.1) is 0 Å². The number of aliphatic carboxylic acids is 1. The summed E-state index contributed by atoms with van der Waals surface area (Å²) in [5.74, 6) is -2.26. The molecule has 88 valence electrons. The van der Waals surface area contributed by atoms with E-state index in [-0.39, 0.29) is 13.0 Å². The van der Waals surface area contributed by atoms with Crippen LogP contribution in [0.3, 0.4) is 0 Å². The minimum Gasteiger partial charge on any atom is -0.481 e. The monoisotopic (exact) mass is 297 g/mol. The second-order valence-electron chi connectivity index (χ2n) is 3.59. The molecule has 1 heterocycles. The molecule has 0 aromatic heterocycles. The zero-order chi connectivity index (χ0) is 12.6. The maximum absolute atomic E-state index is 11.7. The fourth-order valence-corrected chi connectivity index (χ4v) is 2.05. The molecule has 0 unspecified atom stereocenters. The lowest BCUT2D eigenvalue weighted by molar-refractivity contribution is -0.136. The normalized spacial score (nSPS) is 14.1. The predicted molar refractivity (Wildman–Crippen MR) is 63.1 cm³/mol. The number of carboxylic acids is 1. The number of halogens is 1. The Bertz CT molecular complexity index is 526. The lowest BCUT2D eigenvalue weighted by atomic mass is 10.1. The van der Waals surface area contributed by atoms with Gasteiger partial charge in [-0.05, 0) is 18.2 Å². The zero-order valence-corrected chi connectivity index (χ0v) is 10.2. The fraction of sp³-hybridized carbons (Fsp3) is 0.182. The molecule has 0 aliphatic carbocycles. The third kappa shape index (κ3) is 2.08. The van der Waals surface area contributed by atoms with Gasteiger partial charge in [-0.3, -0.25) is 14.4 Å². The highest BCUT2D eigenvalue weighted by Crippen LogP contribution is 2.31. The molecule has 2 rings (SSSR count). The van der Waals surface area contributed by atoms with Gasteiger partial charge in [-0.2, -0.15) is 0 Å². The van der Waals surface area contributed by atoms with Crippen molar-refractivity contribution in [3.8, 4) is 0 Å². The van der Waals surface area contributed by atoms with E-state index in [0.29, 0.717) is 11.3 Å². The lowest BCUT2D eigenvalue weighted by Gasteiger charge is -2.15. The highest BCUT2D eigenvalue weighted by atomic mass is 79.9. The van der Waals surface area contributed by atoms with Gasteiger partial charge in [-0.25, -0.2) is 0 Å². The molecule has 0 radical (unpaired) electrons. The highest BCUT2D eigenvalue weighted by molar-refractivity contribution is 9.10. The number of carboxylic acid groups (broad SMARTS) is 1. The number of fused-ring (bicyclic) bond motifs is 1. The Morgan fingerprint density at radius 3 is 2.71 bits per heavy atom. The molecular weight excluding hydrogens is 290 g/mol. The Morgan fingerprint density at radius 1 is 1.35 bits per heavy atom. The van der Waals surface area contributed by atoms with Crippen LogP contribution in [0.1, 0.15) is 16.8 Å². The first kappa shape index (κ1) is 11.8. The molecule has 1 aliphatic rings. The molecule has 1 aromatic rings. The summed E-state index contributed by atoms with van der Waals surface area (Å²) in [6.45, 7) is 0.00333. The van der Waals surface area contributed by atoms with Crippen molar-refractivity contribution in [2.45, 2.75) is 6.42 Å². The molecule has 1 N–H and O–H groups in total. The number of benzene rings is 1. The Hall–Kier alpha value is -1.69. The van der Waals surface area contributed by atoms with Crippen molar-refractivity contribution in [2.75, 3.05) is 11.4 Å². The van der Waals surface area contributed by atoms with Gasteiger partial charge < -0.3 is 10.0 Å². The topological polar surface area (TPSA) is 74.7 Å². The molecule has 1 aliphatic heterocycles. The number of carbonyl (C=O) groups is 3. The Balaban J connectivity index is 2.36. The lowest BCUT2D eigenvalue weighted by Crippen LogP contribution is -2.31. The van der Waals surface area contributed by atoms with Crippen LogP contribution in [0.2, 0.25) is 0 Å². The van der Waals surface area contributed by atoms with Gasteiger partial charge in [0, 0.05) is 11.0 Å². The Morgan fingerprint density at radius 2 is 2.06 bits per heavy atom. The van der Waals surface area contributed by atoms with E-state index in [0.717, 1.165) is 4.47 Å². The average Bonchev–Trinajstić information content (AvgIpc) is 2.49.